The summed E-state index contributed by atoms with van der Waals surface area (Å²) in [5.41, 5.74) is 4.47. The van der Waals surface area contributed by atoms with Crippen molar-refractivity contribution in [2.75, 3.05) is 10.8 Å². The standard InChI is InChI=1S/C30H48O2S2Si/c1-7-13-23-17-27(18-24(14-8-2)29(23)31)33-21-35(11-5,12-6)22-34-28-19-25(15-9-3)30(32)26(20-28)16-10-4/h17-20,31-32H,7-16,21-22H2,1-6H3. The summed E-state index contributed by atoms with van der Waals surface area (Å²) < 4.78 is 0. The van der Waals surface area contributed by atoms with Gasteiger partial charge >= 0.3 is 0 Å². The molecular formula is C30H48O2S2Si. The van der Waals surface area contributed by atoms with Crippen LogP contribution in [0.3, 0.4) is 0 Å². The molecule has 0 aromatic heterocycles. The molecule has 0 aliphatic carbocycles. The zero-order valence-electron chi connectivity index (χ0n) is 23.0. The summed E-state index contributed by atoms with van der Waals surface area (Å²) in [6.45, 7) is 13.5. The van der Waals surface area contributed by atoms with Crippen molar-refractivity contribution in [1.29, 1.82) is 0 Å². The Morgan fingerprint density at radius 2 is 0.829 bits per heavy atom. The number of benzene rings is 2. The lowest BCUT2D eigenvalue weighted by Crippen LogP contribution is -2.39. The van der Waals surface area contributed by atoms with Crippen LogP contribution in [0.1, 0.15) is 89.5 Å². The molecule has 0 atom stereocenters. The molecule has 2 N–H and O–H groups in total. The smallest absolute Gasteiger partial charge is 0.122 e. The van der Waals surface area contributed by atoms with E-state index in [1.807, 2.05) is 23.5 Å². The molecule has 5 heteroatoms. The van der Waals surface area contributed by atoms with Crippen molar-refractivity contribution in [3.63, 3.8) is 0 Å². The molecule has 0 spiro atoms. The Bertz CT molecular complexity index is 799. The van der Waals surface area contributed by atoms with E-state index in [9.17, 15) is 10.2 Å². The zero-order chi connectivity index (χ0) is 25.8. The molecule has 0 fully saturated rings. The SMILES string of the molecule is CCCc1cc(SC[Si](CC)(CC)CSc2cc(CCC)c(O)c(CCC)c2)cc(CCC)c1O. The third-order valence-corrected chi connectivity index (χ3v) is 17.3. The summed E-state index contributed by atoms with van der Waals surface area (Å²) in [4.78, 5) is 2.66. The number of hydrogen-bond donors (Lipinski definition) is 2. The largest absolute Gasteiger partial charge is 0.507 e. The van der Waals surface area contributed by atoms with Crippen molar-refractivity contribution in [2.45, 2.75) is 115 Å². The van der Waals surface area contributed by atoms with Crippen molar-refractivity contribution >= 4 is 31.6 Å². The van der Waals surface area contributed by atoms with Gasteiger partial charge in [0.25, 0.3) is 0 Å². The predicted octanol–water partition coefficient (Wildman–Crippen LogP) is 9.36. The first-order valence-electron chi connectivity index (χ1n) is 13.8. The molecule has 0 aliphatic rings. The summed E-state index contributed by atoms with van der Waals surface area (Å²) in [5.74, 6) is 1.06. The lowest BCUT2D eigenvalue weighted by atomic mass is 10.0. The third kappa shape index (κ3) is 8.50. The third-order valence-electron chi connectivity index (χ3n) is 7.15. The highest BCUT2D eigenvalue weighted by molar-refractivity contribution is 8.03. The van der Waals surface area contributed by atoms with Gasteiger partial charge in [-0.3, -0.25) is 0 Å². The molecule has 2 aromatic rings. The minimum Gasteiger partial charge on any atom is -0.507 e. The highest BCUT2D eigenvalue weighted by Crippen LogP contribution is 2.37. The van der Waals surface area contributed by atoms with Crippen LogP contribution in [0, 0.1) is 0 Å². The van der Waals surface area contributed by atoms with Crippen molar-refractivity contribution in [3.8, 4) is 11.5 Å². The Kier molecular flexibility index (Phi) is 13.2. The fourth-order valence-corrected chi connectivity index (χ4v) is 14.2. The Labute approximate surface area is 224 Å². The van der Waals surface area contributed by atoms with Gasteiger partial charge in [0, 0.05) is 9.79 Å². The first-order chi connectivity index (χ1) is 16.9. The Balaban J connectivity index is 2.22. The van der Waals surface area contributed by atoms with Gasteiger partial charge in [-0.25, -0.2) is 0 Å². The summed E-state index contributed by atoms with van der Waals surface area (Å²) in [6, 6.07) is 11.5. The number of hydrogen-bond acceptors (Lipinski definition) is 4. The van der Waals surface area contributed by atoms with Crippen LogP contribution in [0.25, 0.3) is 0 Å². The van der Waals surface area contributed by atoms with Crippen molar-refractivity contribution in [2.24, 2.45) is 0 Å². The fraction of sp³-hybridized carbons (Fsp3) is 0.600. The maximum absolute atomic E-state index is 10.7. The molecule has 196 valence electrons. The summed E-state index contributed by atoms with van der Waals surface area (Å²) in [6.07, 6.45) is 7.99. The lowest BCUT2D eigenvalue weighted by Gasteiger charge is -2.29. The first kappa shape index (κ1) is 30.2. The van der Waals surface area contributed by atoms with Crippen LogP contribution >= 0.6 is 23.5 Å². The van der Waals surface area contributed by atoms with Gasteiger partial charge in [-0.15, -0.1) is 23.5 Å². The molecule has 0 amide bonds. The molecule has 0 saturated carbocycles. The molecule has 0 heterocycles. The van der Waals surface area contributed by atoms with Crippen molar-refractivity contribution < 1.29 is 10.2 Å². The summed E-state index contributed by atoms with van der Waals surface area (Å²) in [7, 11) is -1.48. The van der Waals surface area contributed by atoms with Crippen LogP contribution in [0.5, 0.6) is 11.5 Å². The van der Waals surface area contributed by atoms with E-state index in [1.165, 1.54) is 32.6 Å². The molecule has 2 rings (SSSR count). The van der Waals surface area contributed by atoms with E-state index in [2.05, 4.69) is 65.8 Å². The Morgan fingerprint density at radius 1 is 0.543 bits per heavy atom. The summed E-state index contributed by atoms with van der Waals surface area (Å²) >= 11 is 4.05. The fourth-order valence-electron chi connectivity index (χ4n) is 4.64. The highest BCUT2D eigenvalue weighted by atomic mass is 32.2. The van der Waals surface area contributed by atoms with E-state index in [1.54, 1.807) is 0 Å². The molecule has 0 aliphatic heterocycles. The maximum Gasteiger partial charge on any atom is 0.122 e. The monoisotopic (exact) mass is 532 g/mol. The maximum atomic E-state index is 10.7. The highest BCUT2D eigenvalue weighted by Gasteiger charge is 2.30. The van der Waals surface area contributed by atoms with E-state index in [0.29, 0.717) is 11.5 Å². The van der Waals surface area contributed by atoms with Crippen LogP contribution in [-0.4, -0.2) is 29.0 Å². The first-order valence-corrected chi connectivity index (χ1v) is 18.6. The van der Waals surface area contributed by atoms with E-state index < -0.39 is 8.07 Å². The Morgan fingerprint density at radius 3 is 1.06 bits per heavy atom. The van der Waals surface area contributed by atoms with Gasteiger partial charge in [0.15, 0.2) is 0 Å². The van der Waals surface area contributed by atoms with Gasteiger partial charge in [-0.05, 0) is 83.0 Å². The number of rotatable bonds is 16. The van der Waals surface area contributed by atoms with E-state index in [-0.39, 0.29) is 0 Å². The number of aromatic hydroxyl groups is 2. The van der Waals surface area contributed by atoms with Gasteiger partial charge in [-0.2, -0.15) is 0 Å². The minimum atomic E-state index is -1.48. The second-order valence-corrected chi connectivity index (χ2v) is 18.2. The molecule has 0 saturated heterocycles. The normalized spacial score (nSPS) is 11.8. The minimum absolute atomic E-state index is 0.529. The lowest BCUT2D eigenvalue weighted by molar-refractivity contribution is 0.459. The molecule has 2 nitrogen and oxygen atoms in total. The number of aryl methyl sites for hydroxylation is 4. The van der Waals surface area contributed by atoms with Crippen LogP contribution in [-0.2, 0) is 25.7 Å². The molecule has 0 bridgehead atoms. The molecule has 0 unspecified atom stereocenters. The quantitative estimate of drug-likeness (QED) is 0.167. The van der Waals surface area contributed by atoms with Gasteiger partial charge in [0.1, 0.15) is 11.5 Å². The summed E-state index contributed by atoms with van der Waals surface area (Å²) in [5, 5.41) is 23.9. The molecule has 2 aromatic carbocycles. The number of phenolic OH excluding ortho intramolecular Hbond substituents is 2. The second-order valence-electron chi connectivity index (χ2n) is 9.96. The van der Waals surface area contributed by atoms with Crippen LogP contribution in [0.4, 0.5) is 0 Å². The van der Waals surface area contributed by atoms with Crippen molar-refractivity contribution in [3.05, 3.63) is 46.5 Å². The van der Waals surface area contributed by atoms with Gasteiger partial charge in [0.2, 0.25) is 0 Å². The topological polar surface area (TPSA) is 40.5 Å². The second kappa shape index (κ2) is 15.3. The van der Waals surface area contributed by atoms with Gasteiger partial charge in [-0.1, -0.05) is 79.3 Å². The van der Waals surface area contributed by atoms with E-state index in [0.717, 1.165) is 73.6 Å². The number of thioether (sulfide) groups is 2. The van der Waals surface area contributed by atoms with Gasteiger partial charge in [0.05, 0.1) is 8.07 Å². The molecule has 35 heavy (non-hydrogen) atoms. The Hall–Kier alpha value is -1.04. The van der Waals surface area contributed by atoms with Crippen LogP contribution in [0.2, 0.25) is 12.1 Å². The van der Waals surface area contributed by atoms with E-state index in [4.69, 9.17) is 0 Å². The average molecular weight is 533 g/mol. The molecular weight excluding hydrogens is 485 g/mol. The van der Waals surface area contributed by atoms with Crippen molar-refractivity contribution in [1.82, 2.24) is 0 Å². The van der Waals surface area contributed by atoms with Crippen LogP contribution in [0.15, 0.2) is 34.1 Å². The van der Waals surface area contributed by atoms with E-state index >= 15 is 0 Å². The van der Waals surface area contributed by atoms with Crippen LogP contribution < -0.4 is 0 Å². The average Bonchev–Trinajstić information content (AvgIpc) is 2.85. The molecule has 0 radical (unpaired) electrons. The zero-order valence-corrected chi connectivity index (χ0v) is 25.6. The van der Waals surface area contributed by atoms with Gasteiger partial charge < -0.3 is 10.2 Å². The predicted molar refractivity (Wildman–Crippen MR) is 160 cm³/mol. The number of phenols is 2.